The molecular weight excluding hydrogens is 388 g/mol. The monoisotopic (exact) mass is 416 g/mol. The molecule has 4 rings (SSSR count). The largest absolute Gasteiger partial charge is 0.493 e. The van der Waals surface area contributed by atoms with Crippen molar-refractivity contribution in [3.63, 3.8) is 0 Å². The second-order valence-corrected chi connectivity index (χ2v) is 7.54. The van der Waals surface area contributed by atoms with Crippen molar-refractivity contribution in [3.8, 4) is 34.5 Å². The van der Waals surface area contributed by atoms with Crippen LogP contribution in [0.4, 0.5) is 0 Å². The molecule has 0 amide bonds. The minimum atomic E-state index is -0.776. The summed E-state index contributed by atoms with van der Waals surface area (Å²) in [6, 6.07) is 7.83. The van der Waals surface area contributed by atoms with Crippen LogP contribution in [0.2, 0.25) is 0 Å². The van der Waals surface area contributed by atoms with Gasteiger partial charge in [-0.2, -0.15) is 0 Å². The molecule has 162 valence electrons. The summed E-state index contributed by atoms with van der Waals surface area (Å²) in [6.07, 6.45) is 1.53. The van der Waals surface area contributed by atoms with Crippen molar-refractivity contribution in [2.24, 2.45) is 0 Å². The van der Waals surface area contributed by atoms with Gasteiger partial charge in [-0.25, -0.2) is 0 Å². The lowest BCUT2D eigenvalue weighted by atomic mass is 9.82. The Morgan fingerprint density at radius 1 is 0.933 bits per heavy atom. The summed E-state index contributed by atoms with van der Waals surface area (Å²) >= 11 is 0. The first-order valence-electron chi connectivity index (χ1n) is 10.1. The average Bonchev–Trinajstić information content (AvgIpc) is 3.22. The molecule has 2 atom stereocenters. The van der Waals surface area contributed by atoms with Crippen LogP contribution in [0, 0.1) is 0 Å². The molecular formula is C23H28O7. The predicted octanol–water partition coefficient (Wildman–Crippen LogP) is 4.50. The van der Waals surface area contributed by atoms with Crippen molar-refractivity contribution >= 4 is 0 Å². The third kappa shape index (κ3) is 3.58. The van der Waals surface area contributed by atoms with Crippen molar-refractivity contribution in [1.29, 1.82) is 0 Å². The number of benzene rings is 2. The van der Waals surface area contributed by atoms with E-state index >= 15 is 0 Å². The topological polar surface area (TPSA) is 64.6 Å². The number of methoxy groups -OCH3 is 3. The van der Waals surface area contributed by atoms with Gasteiger partial charge in [0.1, 0.15) is 5.75 Å². The minimum absolute atomic E-state index is 0.0289. The summed E-state index contributed by atoms with van der Waals surface area (Å²) in [4.78, 5) is 0. The second-order valence-electron chi connectivity index (χ2n) is 7.54. The molecule has 30 heavy (non-hydrogen) atoms. The first-order chi connectivity index (χ1) is 14.5. The first kappa shape index (κ1) is 20.5. The Kier molecular flexibility index (Phi) is 5.56. The Bertz CT molecular complexity index is 901. The molecule has 0 aliphatic carbocycles. The van der Waals surface area contributed by atoms with Crippen molar-refractivity contribution < 1.29 is 33.2 Å². The lowest BCUT2D eigenvalue weighted by molar-refractivity contribution is -0.182. The SMILES string of the molecule is CCCO[C@@]1(C)C[C@H](c2cc(OC)c(OC)c(OC)c2)c2cc3c(cc2O1)OCO3. The van der Waals surface area contributed by atoms with E-state index in [0.29, 0.717) is 41.8 Å². The fourth-order valence-corrected chi connectivity index (χ4v) is 4.06. The van der Waals surface area contributed by atoms with Crippen LogP contribution in [0.25, 0.3) is 0 Å². The summed E-state index contributed by atoms with van der Waals surface area (Å²) in [6.45, 7) is 4.87. The van der Waals surface area contributed by atoms with Gasteiger partial charge in [-0.05, 0) is 30.2 Å². The average molecular weight is 416 g/mol. The fraction of sp³-hybridized carbons (Fsp3) is 0.478. The van der Waals surface area contributed by atoms with Gasteiger partial charge in [0.15, 0.2) is 23.0 Å². The fourth-order valence-electron chi connectivity index (χ4n) is 4.06. The number of rotatable bonds is 7. The Morgan fingerprint density at radius 3 is 2.20 bits per heavy atom. The molecule has 2 aliphatic rings. The summed E-state index contributed by atoms with van der Waals surface area (Å²) < 4.78 is 40.3. The lowest BCUT2D eigenvalue weighted by Gasteiger charge is -2.40. The highest BCUT2D eigenvalue weighted by Crippen LogP contribution is 2.51. The standard InChI is InChI=1S/C23H28O7/c1-6-7-29-23(2)12-16(14-8-20(24-3)22(26-5)21(9-14)25-4)15-10-18-19(28-13-27-18)11-17(15)30-23/h8-11,16H,6-7,12-13H2,1-5H3/t16-,23-/m1/s1. The van der Waals surface area contributed by atoms with Crippen molar-refractivity contribution in [2.75, 3.05) is 34.7 Å². The van der Waals surface area contributed by atoms with Crippen molar-refractivity contribution in [3.05, 3.63) is 35.4 Å². The van der Waals surface area contributed by atoms with Gasteiger partial charge in [-0.15, -0.1) is 0 Å². The Morgan fingerprint density at radius 2 is 1.60 bits per heavy atom. The van der Waals surface area contributed by atoms with Gasteiger partial charge < -0.3 is 33.2 Å². The van der Waals surface area contributed by atoms with E-state index in [2.05, 4.69) is 6.92 Å². The highest BCUT2D eigenvalue weighted by atomic mass is 16.7. The molecule has 0 saturated carbocycles. The number of fused-ring (bicyclic) bond motifs is 2. The third-order valence-electron chi connectivity index (χ3n) is 5.48. The van der Waals surface area contributed by atoms with Gasteiger partial charge in [0.05, 0.1) is 27.9 Å². The zero-order chi connectivity index (χ0) is 21.3. The number of ether oxygens (including phenoxy) is 7. The highest BCUT2D eigenvalue weighted by molar-refractivity contribution is 5.59. The molecule has 7 heteroatoms. The number of hydrogen-bond donors (Lipinski definition) is 0. The van der Waals surface area contributed by atoms with Crippen LogP contribution in [-0.4, -0.2) is 40.5 Å². The quantitative estimate of drug-likeness (QED) is 0.658. The molecule has 2 aromatic carbocycles. The summed E-state index contributed by atoms with van der Waals surface area (Å²) in [5.74, 6) is 3.09. The molecule has 2 heterocycles. The maximum atomic E-state index is 6.31. The van der Waals surface area contributed by atoms with E-state index in [1.54, 1.807) is 21.3 Å². The van der Waals surface area contributed by atoms with Gasteiger partial charge in [0.2, 0.25) is 18.3 Å². The maximum absolute atomic E-state index is 6.31. The summed E-state index contributed by atoms with van der Waals surface area (Å²) in [5, 5.41) is 0. The van der Waals surface area contributed by atoms with Crippen LogP contribution in [-0.2, 0) is 4.74 Å². The molecule has 0 aromatic heterocycles. The molecule has 0 saturated heterocycles. The van der Waals surface area contributed by atoms with Gasteiger partial charge >= 0.3 is 0 Å². The molecule has 0 fully saturated rings. The molecule has 0 radical (unpaired) electrons. The highest BCUT2D eigenvalue weighted by Gasteiger charge is 2.41. The Balaban J connectivity index is 1.84. The molecule has 2 aliphatic heterocycles. The van der Waals surface area contributed by atoms with E-state index in [0.717, 1.165) is 23.3 Å². The van der Waals surface area contributed by atoms with E-state index in [1.165, 1.54) is 0 Å². The minimum Gasteiger partial charge on any atom is -0.493 e. The zero-order valence-corrected chi connectivity index (χ0v) is 18.1. The van der Waals surface area contributed by atoms with Crippen molar-refractivity contribution in [2.45, 2.75) is 38.4 Å². The van der Waals surface area contributed by atoms with E-state index < -0.39 is 5.79 Å². The lowest BCUT2D eigenvalue weighted by Crippen LogP contribution is -2.41. The van der Waals surface area contributed by atoms with Crippen LogP contribution < -0.4 is 28.4 Å². The van der Waals surface area contributed by atoms with Crippen LogP contribution in [0.1, 0.15) is 43.7 Å². The smallest absolute Gasteiger partial charge is 0.231 e. The Hall–Kier alpha value is -2.80. The summed E-state index contributed by atoms with van der Waals surface area (Å²) in [7, 11) is 4.83. The van der Waals surface area contributed by atoms with Crippen LogP contribution in [0.15, 0.2) is 24.3 Å². The van der Waals surface area contributed by atoms with Crippen LogP contribution >= 0.6 is 0 Å². The second kappa shape index (κ2) is 8.14. The molecule has 7 nitrogen and oxygen atoms in total. The molecule has 0 unspecified atom stereocenters. The summed E-state index contributed by atoms with van der Waals surface area (Å²) in [5.41, 5.74) is 2.02. The van der Waals surface area contributed by atoms with E-state index in [9.17, 15) is 0 Å². The molecule has 0 N–H and O–H groups in total. The van der Waals surface area contributed by atoms with E-state index in [1.807, 2.05) is 31.2 Å². The number of hydrogen-bond acceptors (Lipinski definition) is 7. The maximum Gasteiger partial charge on any atom is 0.231 e. The van der Waals surface area contributed by atoms with Crippen LogP contribution in [0.5, 0.6) is 34.5 Å². The van der Waals surface area contributed by atoms with E-state index in [4.69, 9.17) is 33.2 Å². The van der Waals surface area contributed by atoms with Gasteiger partial charge in [-0.1, -0.05) is 6.92 Å². The van der Waals surface area contributed by atoms with Crippen molar-refractivity contribution in [1.82, 2.24) is 0 Å². The molecule has 2 aromatic rings. The van der Waals surface area contributed by atoms with Gasteiger partial charge in [0, 0.05) is 30.9 Å². The van der Waals surface area contributed by atoms with Crippen LogP contribution in [0.3, 0.4) is 0 Å². The molecule has 0 bridgehead atoms. The van der Waals surface area contributed by atoms with Gasteiger partial charge in [0.25, 0.3) is 0 Å². The first-order valence-corrected chi connectivity index (χ1v) is 10.1. The Labute approximate surface area is 176 Å². The zero-order valence-electron chi connectivity index (χ0n) is 18.1. The normalized spacial score (nSPS) is 21.6. The predicted molar refractivity (Wildman–Crippen MR) is 110 cm³/mol. The van der Waals surface area contributed by atoms with Gasteiger partial charge in [-0.3, -0.25) is 0 Å². The van der Waals surface area contributed by atoms with E-state index in [-0.39, 0.29) is 12.7 Å². The molecule has 0 spiro atoms. The third-order valence-corrected chi connectivity index (χ3v) is 5.48.